The maximum absolute atomic E-state index is 5.87. The third-order valence-electron chi connectivity index (χ3n) is 4.33. The van der Waals surface area contributed by atoms with Crippen LogP contribution in [0.5, 0.6) is 0 Å². The van der Waals surface area contributed by atoms with Crippen LogP contribution in [0.3, 0.4) is 0 Å². The highest BCUT2D eigenvalue weighted by atomic mass is 14.5. The van der Waals surface area contributed by atoms with Gasteiger partial charge in [0.05, 0.1) is 0 Å². The predicted octanol–water partition coefficient (Wildman–Crippen LogP) is 4.02. The molecule has 0 fully saturated rings. The Morgan fingerprint density at radius 1 is 0.542 bits per heavy atom. The minimum absolute atomic E-state index is 0.643. The molecule has 3 aromatic rings. The van der Waals surface area contributed by atoms with Crippen molar-refractivity contribution in [3.8, 4) is 22.3 Å². The van der Waals surface area contributed by atoms with Gasteiger partial charge in [-0.05, 0) is 59.3 Å². The second-order valence-electron chi connectivity index (χ2n) is 5.98. The second-order valence-corrected chi connectivity index (χ2v) is 5.98. The van der Waals surface area contributed by atoms with Crippen LogP contribution in [0, 0.1) is 0 Å². The van der Waals surface area contributed by atoms with E-state index >= 15 is 0 Å². The molecule has 0 aromatic heterocycles. The summed E-state index contributed by atoms with van der Waals surface area (Å²) < 4.78 is 0. The number of hydrogen-bond donors (Lipinski definition) is 2. The molecular formula is C22H24N2. The first-order valence-corrected chi connectivity index (χ1v) is 8.50. The van der Waals surface area contributed by atoms with E-state index in [1.807, 2.05) is 12.1 Å². The smallest absolute Gasteiger partial charge is 0.00365 e. The topological polar surface area (TPSA) is 52.0 Å². The van der Waals surface area contributed by atoms with E-state index in [9.17, 15) is 0 Å². The lowest BCUT2D eigenvalue weighted by atomic mass is 9.88. The van der Waals surface area contributed by atoms with Gasteiger partial charge < -0.3 is 11.5 Å². The van der Waals surface area contributed by atoms with E-state index in [2.05, 4.69) is 60.7 Å². The highest BCUT2D eigenvalue weighted by Gasteiger charge is 2.12. The maximum Gasteiger partial charge on any atom is -0.00365 e. The van der Waals surface area contributed by atoms with Gasteiger partial charge in [0.15, 0.2) is 0 Å². The molecule has 2 nitrogen and oxygen atoms in total. The molecule has 0 saturated heterocycles. The van der Waals surface area contributed by atoms with Crippen molar-refractivity contribution in [3.63, 3.8) is 0 Å². The van der Waals surface area contributed by atoms with E-state index in [1.54, 1.807) is 0 Å². The lowest BCUT2D eigenvalue weighted by Gasteiger charge is -2.17. The largest absolute Gasteiger partial charge is 0.330 e. The van der Waals surface area contributed by atoms with Gasteiger partial charge in [0, 0.05) is 0 Å². The predicted molar refractivity (Wildman–Crippen MR) is 103 cm³/mol. The van der Waals surface area contributed by atoms with E-state index in [0.717, 1.165) is 12.8 Å². The first-order chi connectivity index (χ1) is 11.8. The van der Waals surface area contributed by atoms with Crippen LogP contribution in [0.2, 0.25) is 0 Å². The highest BCUT2D eigenvalue weighted by molar-refractivity contribution is 5.76. The summed E-state index contributed by atoms with van der Waals surface area (Å²) in [4.78, 5) is 0. The molecule has 0 unspecified atom stereocenters. The van der Waals surface area contributed by atoms with Gasteiger partial charge in [-0.25, -0.2) is 0 Å². The Kier molecular flexibility index (Phi) is 5.42. The van der Waals surface area contributed by atoms with Crippen molar-refractivity contribution < 1.29 is 0 Å². The molecule has 3 rings (SSSR count). The third kappa shape index (κ3) is 3.56. The molecule has 2 heteroatoms. The molecule has 0 aliphatic carbocycles. The molecule has 0 bridgehead atoms. The normalized spacial score (nSPS) is 10.8. The van der Waals surface area contributed by atoms with Crippen LogP contribution < -0.4 is 11.5 Å². The zero-order chi connectivity index (χ0) is 16.8. The lowest BCUT2D eigenvalue weighted by molar-refractivity contribution is 0.952. The third-order valence-corrected chi connectivity index (χ3v) is 4.33. The number of rotatable bonds is 6. The quantitative estimate of drug-likeness (QED) is 0.721. The van der Waals surface area contributed by atoms with Crippen molar-refractivity contribution in [2.75, 3.05) is 13.1 Å². The molecule has 0 spiro atoms. The van der Waals surface area contributed by atoms with Crippen LogP contribution in [0.25, 0.3) is 22.3 Å². The summed E-state index contributed by atoms with van der Waals surface area (Å²) in [6, 6.07) is 25.6. The summed E-state index contributed by atoms with van der Waals surface area (Å²) in [5.74, 6) is 0. The molecule has 4 N–H and O–H groups in total. The molecule has 0 radical (unpaired) electrons. The molecule has 0 heterocycles. The summed E-state index contributed by atoms with van der Waals surface area (Å²) in [5.41, 5.74) is 19.3. The van der Waals surface area contributed by atoms with Gasteiger partial charge in [0.2, 0.25) is 0 Å². The summed E-state index contributed by atoms with van der Waals surface area (Å²) in [7, 11) is 0. The number of benzene rings is 3. The standard InChI is InChI=1S/C22H24N2/c23-13-11-19-16-22(18-9-5-2-6-10-18)20(12-14-24)15-21(19)17-7-3-1-4-8-17/h1-10,15-16H,11-14,23-24H2. The van der Waals surface area contributed by atoms with Gasteiger partial charge in [0.1, 0.15) is 0 Å². The average Bonchev–Trinajstić information content (AvgIpc) is 2.64. The Labute approximate surface area is 144 Å². The van der Waals surface area contributed by atoms with E-state index in [1.165, 1.54) is 33.4 Å². The van der Waals surface area contributed by atoms with Crippen molar-refractivity contribution in [1.82, 2.24) is 0 Å². The minimum Gasteiger partial charge on any atom is -0.330 e. The molecule has 3 aromatic carbocycles. The Morgan fingerprint density at radius 2 is 0.917 bits per heavy atom. The zero-order valence-corrected chi connectivity index (χ0v) is 13.9. The van der Waals surface area contributed by atoms with E-state index in [0.29, 0.717) is 13.1 Å². The fourth-order valence-electron chi connectivity index (χ4n) is 3.19. The van der Waals surface area contributed by atoms with E-state index < -0.39 is 0 Å². The zero-order valence-electron chi connectivity index (χ0n) is 13.9. The molecule has 0 atom stereocenters. The van der Waals surface area contributed by atoms with Gasteiger partial charge in [-0.1, -0.05) is 72.8 Å². The molecule has 0 saturated carbocycles. The summed E-state index contributed by atoms with van der Waals surface area (Å²) in [6.45, 7) is 1.29. The summed E-state index contributed by atoms with van der Waals surface area (Å²) in [5, 5.41) is 0. The fraction of sp³-hybridized carbons (Fsp3) is 0.182. The lowest BCUT2D eigenvalue weighted by Crippen LogP contribution is -2.08. The van der Waals surface area contributed by atoms with Crippen LogP contribution in [0.1, 0.15) is 11.1 Å². The Balaban J connectivity index is 2.19. The van der Waals surface area contributed by atoms with Crippen LogP contribution in [0.4, 0.5) is 0 Å². The van der Waals surface area contributed by atoms with Gasteiger partial charge in [0.25, 0.3) is 0 Å². The van der Waals surface area contributed by atoms with Gasteiger partial charge >= 0.3 is 0 Å². The first-order valence-electron chi connectivity index (χ1n) is 8.50. The van der Waals surface area contributed by atoms with Gasteiger partial charge in [-0.15, -0.1) is 0 Å². The number of nitrogens with two attached hydrogens (primary N) is 2. The Bertz CT molecular complexity index is 711. The van der Waals surface area contributed by atoms with E-state index in [4.69, 9.17) is 11.5 Å². The molecule has 122 valence electrons. The second kappa shape index (κ2) is 7.91. The van der Waals surface area contributed by atoms with Crippen molar-refractivity contribution in [3.05, 3.63) is 83.9 Å². The van der Waals surface area contributed by atoms with E-state index in [-0.39, 0.29) is 0 Å². The summed E-state index contributed by atoms with van der Waals surface area (Å²) >= 11 is 0. The van der Waals surface area contributed by atoms with Crippen LogP contribution >= 0.6 is 0 Å². The number of hydrogen-bond acceptors (Lipinski definition) is 2. The minimum atomic E-state index is 0.643. The monoisotopic (exact) mass is 316 g/mol. The first kappa shape index (κ1) is 16.4. The van der Waals surface area contributed by atoms with Gasteiger partial charge in [-0.2, -0.15) is 0 Å². The van der Waals surface area contributed by atoms with Crippen LogP contribution in [0.15, 0.2) is 72.8 Å². The molecule has 0 aliphatic heterocycles. The Hall–Kier alpha value is -2.42. The van der Waals surface area contributed by atoms with Crippen molar-refractivity contribution in [2.45, 2.75) is 12.8 Å². The molecular weight excluding hydrogens is 292 g/mol. The molecule has 0 amide bonds. The van der Waals surface area contributed by atoms with Crippen LogP contribution in [-0.2, 0) is 12.8 Å². The summed E-state index contributed by atoms with van der Waals surface area (Å²) in [6.07, 6.45) is 1.74. The van der Waals surface area contributed by atoms with Crippen molar-refractivity contribution >= 4 is 0 Å². The fourth-order valence-corrected chi connectivity index (χ4v) is 3.19. The van der Waals surface area contributed by atoms with Crippen molar-refractivity contribution in [1.29, 1.82) is 0 Å². The molecule has 0 aliphatic rings. The average molecular weight is 316 g/mol. The maximum atomic E-state index is 5.87. The van der Waals surface area contributed by atoms with Crippen LogP contribution in [-0.4, -0.2) is 13.1 Å². The van der Waals surface area contributed by atoms with Gasteiger partial charge in [-0.3, -0.25) is 0 Å². The SMILES string of the molecule is NCCc1cc(-c2ccccc2)c(CCN)cc1-c1ccccc1. The van der Waals surface area contributed by atoms with Crippen molar-refractivity contribution in [2.24, 2.45) is 11.5 Å². The highest BCUT2D eigenvalue weighted by Crippen LogP contribution is 2.33. The molecule has 24 heavy (non-hydrogen) atoms. The Morgan fingerprint density at radius 3 is 1.25 bits per heavy atom.